The summed E-state index contributed by atoms with van der Waals surface area (Å²) >= 11 is 5.77. The van der Waals surface area contributed by atoms with E-state index < -0.39 is 5.82 Å². The van der Waals surface area contributed by atoms with Gasteiger partial charge in [0.1, 0.15) is 0 Å². The number of piperidine rings is 1. The molecule has 0 bridgehead atoms. The molecule has 1 aromatic heterocycles. The van der Waals surface area contributed by atoms with Crippen LogP contribution in [0.25, 0.3) is 6.08 Å². The van der Waals surface area contributed by atoms with Gasteiger partial charge >= 0.3 is 0 Å². The van der Waals surface area contributed by atoms with E-state index in [1.54, 1.807) is 12.2 Å². The molecule has 2 heterocycles. The molecular weight excluding hydrogens is 367 g/mol. The van der Waals surface area contributed by atoms with Crippen LogP contribution in [0.15, 0.2) is 42.6 Å². The summed E-state index contributed by atoms with van der Waals surface area (Å²) in [5, 5.41) is 3.00. The number of carbonyl (C=O) groups is 1. The third-order valence-electron chi connectivity index (χ3n) is 5.37. The topological polar surface area (TPSA) is 58.1 Å². The minimum absolute atomic E-state index is 0.0646. The van der Waals surface area contributed by atoms with E-state index in [9.17, 15) is 9.18 Å². The summed E-state index contributed by atoms with van der Waals surface area (Å²) < 4.78 is 13.9. The van der Waals surface area contributed by atoms with Gasteiger partial charge in [-0.3, -0.25) is 4.79 Å². The summed E-state index contributed by atoms with van der Waals surface area (Å²) in [6.45, 7) is 2.21. The second-order valence-electron chi connectivity index (χ2n) is 7.03. The van der Waals surface area contributed by atoms with Gasteiger partial charge in [0, 0.05) is 25.7 Å². The van der Waals surface area contributed by atoms with Crippen LogP contribution in [-0.4, -0.2) is 35.5 Å². The average Bonchev–Trinajstić information content (AvgIpc) is 3.12. The molecule has 1 saturated heterocycles. The molecule has 1 aliphatic heterocycles. The fourth-order valence-corrected chi connectivity index (χ4v) is 4.10. The number of nitrogens with zero attached hydrogens (tertiary/aromatic N) is 3. The van der Waals surface area contributed by atoms with E-state index in [-0.39, 0.29) is 11.2 Å². The van der Waals surface area contributed by atoms with E-state index in [1.807, 2.05) is 35.2 Å². The smallest absolute Gasteiger partial charge is 0.243 e. The molecule has 1 amide bonds. The average molecular weight is 387 g/mol. The summed E-state index contributed by atoms with van der Waals surface area (Å²) in [6.07, 6.45) is 5.43. The molecule has 5 nitrogen and oxygen atoms in total. The Labute approximate surface area is 162 Å². The van der Waals surface area contributed by atoms with Gasteiger partial charge in [-0.25, -0.2) is 9.37 Å². The minimum Gasteiger partial charge on any atom is -0.353 e. The molecule has 1 unspecified atom stereocenters. The van der Waals surface area contributed by atoms with Crippen LogP contribution in [0.1, 0.15) is 12.0 Å². The van der Waals surface area contributed by atoms with Crippen LogP contribution in [0.4, 0.5) is 10.2 Å². The highest BCUT2D eigenvalue weighted by molar-refractivity contribution is 6.28. The molecule has 27 heavy (non-hydrogen) atoms. The number of anilines is 1. The van der Waals surface area contributed by atoms with Gasteiger partial charge in [0.15, 0.2) is 11.6 Å². The van der Waals surface area contributed by atoms with Crippen molar-refractivity contribution < 1.29 is 9.18 Å². The number of aromatic nitrogens is 2. The lowest BCUT2D eigenvalue weighted by Crippen LogP contribution is -2.28. The van der Waals surface area contributed by atoms with Gasteiger partial charge in [0.05, 0.1) is 6.20 Å². The minimum atomic E-state index is -0.435. The highest BCUT2D eigenvalue weighted by Crippen LogP contribution is 2.54. The SMILES string of the molecule is O=C(C=Cc1ccccc1)NCCC1[C@H]2CN(c3nc(Cl)ncc3F)C[C@@H]12. The molecule has 7 heteroatoms. The fraction of sp³-hybridized carbons (Fsp3) is 0.350. The van der Waals surface area contributed by atoms with Crippen LogP contribution in [0.3, 0.4) is 0 Å². The Morgan fingerprint density at radius 2 is 2.04 bits per heavy atom. The van der Waals surface area contributed by atoms with E-state index in [1.165, 1.54) is 0 Å². The molecule has 4 rings (SSSR count). The standard InChI is InChI=1S/C20H20ClFN4O/c21-20-24-10-17(22)19(25-20)26-11-15-14(16(15)12-26)8-9-23-18(27)7-6-13-4-2-1-3-5-13/h1-7,10,14-16H,8-9,11-12H2,(H,23,27)/t14?,15-,16+. The number of carbonyl (C=O) groups excluding carboxylic acids is 1. The largest absolute Gasteiger partial charge is 0.353 e. The maximum Gasteiger partial charge on any atom is 0.243 e. The van der Waals surface area contributed by atoms with Gasteiger partial charge < -0.3 is 10.2 Å². The van der Waals surface area contributed by atoms with Gasteiger partial charge in [-0.1, -0.05) is 30.3 Å². The number of benzene rings is 1. The van der Waals surface area contributed by atoms with Gasteiger partial charge in [-0.2, -0.15) is 4.98 Å². The first-order chi connectivity index (χ1) is 13.1. The van der Waals surface area contributed by atoms with Gasteiger partial charge in [0.25, 0.3) is 0 Å². The zero-order valence-electron chi connectivity index (χ0n) is 14.7. The Hall–Kier alpha value is -2.47. The molecule has 1 aromatic carbocycles. The van der Waals surface area contributed by atoms with Crippen molar-refractivity contribution in [1.29, 1.82) is 0 Å². The number of hydrogen-bond acceptors (Lipinski definition) is 4. The van der Waals surface area contributed by atoms with Crippen molar-refractivity contribution in [3.05, 3.63) is 59.3 Å². The van der Waals surface area contributed by atoms with Crippen molar-refractivity contribution in [2.24, 2.45) is 17.8 Å². The first-order valence-electron chi connectivity index (χ1n) is 9.06. The summed E-state index contributed by atoms with van der Waals surface area (Å²) in [4.78, 5) is 21.5. The number of hydrogen-bond donors (Lipinski definition) is 1. The summed E-state index contributed by atoms with van der Waals surface area (Å²) in [6, 6.07) is 9.73. The van der Waals surface area contributed by atoms with E-state index in [4.69, 9.17) is 11.6 Å². The van der Waals surface area contributed by atoms with Crippen molar-refractivity contribution in [3.63, 3.8) is 0 Å². The number of fused-ring (bicyclic) bond motifs is 1. The first kappa shape index (κ1) is 17.9. The molecule has 0 spiro atoms. The zero-order valence-corrected chi connectivity index (χ0v) is 15.4. The van der Waals surface area contributed by atoms with Crippen LogP contribution in [-0.2, 0) is 4.79 Å². The molecule has 1 saturated carbocycles. The molecule has 1 aliphatic carbocycles. The molecule has 2 fully saturated rings. The second-order valence-corrected chi connectivity index (χ2v) is 7.37. The highest BCUT2D eigenvalue weighted by Gasteiger charge is 2.55. The molecule has 2 aromatic rings. The number of halogens is 2. The quantitative estimate of drug-likeness (QED) is 0.612. The van der Waals surface area contributed by atoms with Crippen LogP contribution in [0, 0.1) is 23.6 Å². The maximum atomic E-state index is 13.9. The Bertz CT molecular complexity index is 848. The van der Waals surface area contributed by atoms with Crippen molar-refractivity contribution in [3.8, 4) is 0 Å². The normalized spacial score (nSPS) is 23.5. The molecule has 3 atom stereocenters. The van der Waals surface area contributed by atoms with E-state index in [0.717, 1.165) is 31.3 Å². The van der Waals surface area contributed by atoms with E-state index in [2.05, 4.69) is 15.3 Å². The lowest BCUT2D eigenvalue weighted by atomic mass is 10.2. The van der Waals surface area contributed by atoms with Crippen LogP contribution in [0.2, 0.25) is 5.28 Å². The zero-order chi connectivity index (χ0) is 18.8. The van der Waals surface area contributed by atoms with Crippen LogP contribution in [0.5, 0.6) is 0 Å². The molecule has 1 N–H and O–H groups in total. The first-order valence-corrected chi connectivity index (χ1v) is 9.43. The Morgan fingerprint density at radius 1 is 1.30 bits per heavy atom. The molecule has 140 valence electrons. The summed E-state index contributed by atoms with van der Waals surface area (Å²) in [5.74, 6) is 1.43. The van der Waals surface area contributed by atoms with Crippen molar-refractivity contribution >= 4 is 29.4 Å². The monoisotopic (exact) mass is 386 g/mol. The van der Waals surface area contributed by atoms with Crippen molar-refractivity contribution in [2.75, 3.05) is 24.5 Å². The third kappa shape index (κ3) is 4.11. The second kappa shape index (κ2) is 7.64. The predicted molar refractivity (Wildman–Crippen MR) is 103 cm³/mol. The lowest BCUT2D eigenvalue weighted by Gasteiger charge is -2.21. The molecular formula is C20H20ClFN4O. The number of amides is 1. The van der Waals surface area contributed by atoms with Crippen molar-refractivity contribution in [2.45, 2.75) is 6.42 Å². The number of nitrogens with one attached hydrogen (secondary N) is 1. The van der Waals surface area contributed by atoms with Gasteiger partial charge in [-0.05, 0) is 47.4 Å². The summed E-state index contributed by atoms with van der Waals surface area (Å²) in [5.41, 5.74) is 1.00. The van der Waals surface area contributed by atoms with Crippen LogP contribution >= 0.6 is 11.6 Å². The molecule has 0 radical (unpaired) electrons. The Kier molecular flexibility index (Phi) is 5.07. The lowest BCUT2D eigenvalue weighted by molar-refractivity contribution is -0.116. The fourth-order valence-electron chi connectivity index (χ4n) is 3.97. The van der Waals surface area contributed by atoms with Crippen LogP contribution < -0.4 is 10.2 Å². The highest BCUT2D eigenvalue weighted by atomic mass is 35.5. The number of rotatable bonds is 6. The van der Waals surface area contributed by atoms with E-state index in [0.29, 0.717) is 30.1 Å². The molecule has 2 aliphatic rings. The third-order valence-corrected chi connectivity index (χ3v) is 5.55. The van der Waals surface area contributed by atoms with Crippen molar-refractivity contribution in [1.82, 2.24) is 15.3 Å². The Balaban J connectivity index is 1.20. The van der Waals surface area contributed by atoms with Gasteiger partial charge in [0.2, 0.25) is 11.2 Å². The Morgan fingerprint density at radius 3 is 2.78 bits per heavy atom. The predicted octanol–water partition coefficient (Wildman–Crippen LogP) is 3.17. The van der Waals surface area contributed by atoms with E-state index >= 15 is 0 Å². The summed E-state index contributed by atoms with van der Waals surface area (Å²) in [7, 11) is 0. The van der Waals surface area contributed by atoms with Gasteiger partial charge in [-0.15, -0.1) is 0 Å². The maximum absolute atomic E-state index is 13.9.